The number of hydrogen-bond acceptors (Lipinski definition) is 5. The first kappa shape index (κ1) is 20.8. The Kier molecular flexibility index (Phi) is 5.01. The smallest absolute Gasteiger partial charge is 0.383 e. The van der Waals surface area contributed by atoms with E-state index < -0.39 is 17.6 Å². The van der Waals surface area contributed by atoms with Crippen molar-refractivity contribution >= 4 is 5.82 Å². The van der Waals surface area contributed by atoms with E-state index in [2.05, 4.69) is 28.8 Å². The summed E-state index contributed by atoms with van der Waals surface area (Å²) in [5.41, 5.74) is 6.55. The number of aromatic nitrogens is 3. The van der Waals surface area contributed by atoms with Crippen molar-refractivity contribution in [2.24, 2.45) is 11.8 Å². The Hall–Kier alpha value is -2.13. The predicted octanol–water partition coefficient (Wildman–Crippen LogP) is 3.95. The maximum atomic E-state index is 13.3. The average Bonchev–Trinajstić information content (AvgIpc) is 3.09. The molecule has 1 aliphatic heterocycles. The van der Waals surface area contributed by atoms with Gasteiger partial charge in [0.15, 0.2) is 0 Å². The number of hydrogen-bond donors (Lipinski definition) is 1. The van der Waals surface area contributed by atoms with Crippen molar-refractivity contribution in [1.29, 1.82) is 0 Å². The summed E-state index contributed by atoms with van der Waals surface area (Å²) in [5, 5.41) is 4.67. The molecule has 3 aliphatic rings. The minimum Gasteiger partial charge on any atom is -0.383 e. The second kappa shape index (κ2) is 7.48. The fraction of sp³-hybridized carbons (Fsp3) is 0.636. The van der Waals surface area contributed by atoms with Crippen LogP contribution in [0.3, 0.4) is 0 Å². The number of anilines is 1. The van der Waals surface area contributed by atoms with Crippen LogP contribution in [-0.2, 0) is 10.9 Å². The molecular formula is C22H28F3N5O. The molecule has 2 N–H and O–H groups in total. The van der Waals surface area contributed by atoms with E-state index in [0.717, 1.165) is 38.1 Å². The maximum absolute atomic E-state index is 13.3. The van der Waals surface area contributed by atoms with Gasteiger partial charge in [0, 0.05) is 48.5 Å². The van der Waals surface area contributed by atoms with E-state index in [1.54, 1.807) is 0 Å². The third-order valence-electron chi connectivity index (χ3n) is 7.10. The molecule has 3 fully saturated rings. The van der Waals surface area contributed by atoms with Gasteiger partial charge in [0.2, 0.25) is 0 Å². The number of alkyl halides is 3. The summed E-state index contributed by atoms with van der Waals surface area (Å²) in [5.74, 6) is 1.19. The normalized spacial score (nSPS) is 28.8. The average molecular weight is 435 g/mol. The summed E-state index contributed by atoms with van der Waals surface area (Å²) in [4.78, 5) is 6.33. The van der Waals surface area contributed by atoms with E-state index in [0.29, 0.717) is 35.1 Å². The van der Waals surface area contributed by atoms with Gasteiger partial charge < -0.3 is 10.5 Å². The number of nitrogens with two attached hydrogens (primary N) is 1. The van der Waals surface area contributed by atoms with Crippen LogP contribution in [-0.4, -0.2) is 52.0 Å². The minimum absolute atomic E-state index is 0.129. The van der Waals surface area contributed by atoms with E-state index in [1.165, 1.54) is 19.0 Å². The highest BCUT2D eigenvalue weighted by Crippen LogP contribution is 2.64. The van der Waals surface area contributed by atoms with E-state index in [4.69, 9.17) is 10.5 Å². The molecule has 2 saturated carbocycles. The van der Waals surface area contributed by atoms with Crippen LogP contribution in [0, 0.1) is 11.8 Å². The first-order valence-corrected chi connectivity index (χ1v) is 11.0. The van der Waals surface area contributed by atoms with Gasteiger partial charge in [-0.3, -0.25) is 9.58 Å². The van der Waals surface area contributed by atoms with Crippen LogP contribution in [0.1, 0.15) is 49.9 Å². The molecule has 0 spiro atoms. The second-order valence-corrected chi connectivity index (χ2v) is 9.27. The molecule has 2 aromatic heterocycles. The fourth-order valence-corrected chi connectivity index (χ4v) is 5.55. The monoisotopic (exact) mass is 435 g/mol. The van der Waals surface area contributed by atoms with Crippen molar-refractivity contribution < 1.29 is 17.9 Å². The number of pyridine rings is 1. The molecule has 0 bridgehead atoms. The zero-order valence-corrected chi connectivity index (χ0v) is 17.8. The molecule has 31 heavy (non-hydrogen) atoms. The summed E-state index contributed by atoms with van der Waals surface area (Å²) in [7, 11) is 0. The molecule has 0 aromatic carbocycles. The zero-order valence-electron chi connectivity index (χ0n) is 17.8. The van der Waals surface area contributed by atoms with Gasteiger partial charge in [-0.15, -0.1) is 0 Å². The number of ether oxygens (including phenoxy) is 1. The molecular weight excluding hydrogens is 407 g/mol. The number of rotatable bonds is 4. The van der Waals surface area contributed by atoms with Crippen LogP contribution >= 0.6 is 0 Å². The highest BCUT2D eigenvalue weighted by Gasteiger charge is 2.58. The predicted molar refractivity (Wildman–Crippen MR) is 110 cm³/mol. The Morgan fingerprint density at radius 2 is 1.81 bits per heavy atom. The number of nitrogen functional groups attached to an aromatic ring is 1. The minimum atomic E-state index is -4.54. The van der Waals surface area contributed by atoms with Gasteiger partial charge >= 0.3 is 6.18 Å². The van der Waals surface area contributed by atoms with Gasteiger partial charge in [-0.2, -0.15) is 18.3 Å². The van der Waals surface area contributed by atoms with Crippen molar-refractivity contribution in [3.63, 3.8) is 0 Å². The Labute approximate surface area is 179 Å². The largest absolute Gasteiger partial charge is 0.419 e. The number of morpholine rings is 1. The lowest BCUT2D eigenvalue weighted by Gasteiger charge is -2.33. The van der Waals surface area contributed by atoms with Crippen LogP contribution in [0.4, 0.5) is 19.0 Å². The molecule has 0 amide bonds. The first-order chi connectivity index (χ1) is 14.7. The molecule has 0 radical (unpaired) electrons. The standard InChI is InChI=1S/C22H28F3N5O/c1-12(2)30-19(20-15-8-14(9-16(15)20)29-3-5-31-6-4-29)10-18(28-30)13-7-17(22(23,24)25)21(26)27-11-13/h7,10-12,14-16,20H,3-6,8-9H2,1-2H3,(H2,26,27)/t14-,15+,16-,20+. The molecule has 9 heteroatoms. The summed E-state index contributed by atoms with van der Waals surface area (Å²) in [6.45, 7) is 7.75. The quantitative estimate of drug-likeness (QED) is 0.788. The Morgan fingerprint density at radius 3 is 2.42 bits per heavy atom. The molecule has 4 atom stereocenters. The van der Waals surface area contributed by atoms with Crippen molar-refractivity contribution in [1.82, 2.24) is 19.7 Å². The molecule has 6 nitrogen and oxygen atoms in total. The maximum Gasteiger partial charge on any atom is 0.419 e. The SMILES string of the molecule is CC(C)n1nc(-c2cnc(N)c(C(F)(F)F)c2)cc1[C@@H]1[C@@H]2C[C@H](N3CCOCC3)C[C@@H]21. The zero-order chi connectivity index (χ0) is 21.9. The van der Waals surface area contributed by atoms with Gasteiger partial charge in [-0.25, -0.2) is 4.98 Å². The Balaban J connectivity index is 1.39. The summed E-state index contributed by atoms with van der Waals surface area (Å²) in [6.07, 6.45) is -0.812. The lowest BCUT2D eigenvalue weighted by atomic mass is 10.0. The topological polar surface area (TPSA) is 69.2 Å². The molecule has 168 valence electrons. The molecule has 1 saturated heterocycles. The van der Waals surface area contributed by atoms with Crippen LogP contribution in [0.2, 0.25) is 0 Å². The van der Waals surface area contributed by atoms with Gasteiger partial charge in [0.1, 0.15) is 5.82 Å². The second-order valence-electron chi connectivity index (χ2n) is 9.27. The molecule has 2 aliphatic carbocycles. The Morgan fingerprint density at radius 1 is 1.13 bits per heavy atom. The number of halogens is 3. The highest BCUT2D eigenvalue weighted by molar-refractivity contribution is 5.63. The number of fused-ring (bicyclic) bond motifs is 1. The number of nitrogens with zero attached hydrogens (tertiary/aromatic N) is 4. The van der Waals surface area contributed by atoms with Crippen LogP contribution < -0.4 is 5.73 Å². The van der Waals surface area contributed by atoms with Crippen LogP contribution in [0.25, 0.3) is 11.3 Å². The van der Waals surface area contributed by atoms with E-state index in [1.807, 2.05) is 10.7 Å². The third kappa shape index (κ3) is 3.71. The first-order valence-electron chi connectivity index (χ1n) is 11.0. The molecule has 2 aromatic rings. The lowest BCUT2D eigenvalue weighted by molar-refractivity contribution is -0.137. The van der Waals surface area contributed by atoms with E-state index in [9.17, 15) is 13.2 Å². The summed E-state index contributed by atoms with van der Waals surface area (Å²) < 4.78 is 47.3. The van der Waals surface area contributed by atoms with Gasteiger partial charge in [-0.1, -0.05) is 0 Å². The van der Waals surface area contributed by atoms with E-state index >= 15 is 0 Å². The van der Waals surface area contributed by atoms with Gasteiger partial charge in [0.05, 0.1) is 24.5 Å². The van der Waals surface area contributed by atoms with Crippen molar-refractivity contribution in [3.05, 3.63) is 29.6 Å². The third-order valence-corrected chi connectivity index (χ3v) is 7.10. The van der Waals surface area contributed by atoms with Crippen molar-refractivity contribution in [2.75, 3.05) is 32.0 Å². The van der Waals surface area contributed by atoms with E-state index in [-0.39, 0.29) is 6.04 Å². The molecule has 5 rings (SSSR count). The highest BCUT2D eigenvalue weighted by atomic mass is 19.4. The van der Waals surface area contributed by atoms with Crippen molar-refractivity contribution in [2.45, 2.75) is 50.9 Å². The van der Waals surface area contributed by atoms with Crippen LogP contribution in [0.5, 0.6) is 0 Å². The fourth-order valence-electron chi connectivity index (χ4n) is 5.55. The molecule has 3 heterocycles. The summed E-state index contributed by atoms with van der Waals surface area (Å²) >= 11 is 0. The van der Waals surface area contributed by atoms with Crippen LogP contribution in [0.15, 0.2) is 18.3 Å². The Bertz CT molecular complexity index is 955. The van der Waals surface area contributed by atoms with Crippen molar-refractivity contribution in [3.8, 4) is 11.3 Å². The lowest BCUT2D eigenvalue weighted by Crippen LogP contribution is -2.43. The molecule has 0 unspecified atom stereocenters. The van der Waals surface area contributed by atoms with Gasteiger partial charge in [-0.05, 0) is 50.7 Å². The summed E-state index contributed by atoms with van der Waals surface area (Å²) in [6, 6.07) is 3.77. The van der Waals surface area contributed by atoms with Gasteiger partial charge in [0.25, 0.3) is 0 Å².